The molecule has 13 heavy (non-hydrogen) atoms. The molecule has 1 aromatic carbocycles. The van der Waals surface area contributed by atoms with Crippen molar-refractivity contribution in [2.24, 2.45) is 0 Å². The van der Waals surface area contributed by atoms with E-state index in [1.54, 1.807) is 6.07 Å². The number of ketones is 1. The molecule has 3 nitrogen and oxygen atoms in total. The van der Waals surface area contributed by atoms with E-state index in [4.69, 9.17) is 10.4 Å². The van der Waals surface area contributed by atoms with Crippen LogP contribution in [0.2, 0.25) is 0 Å². The smallest absolute Gasteiger partial charge is 0.164 e. The first-order valence-corrected chi connectivity index (χ1v) is 3.50. The molecule has 0 spiro atoms. The third-order valence-electron chi connectivity index (χ3n) is 1.60. The summed E-state index contributed by atoms with van der Waals surface area (Å²) in [6.07, 6.45) is 0. The molecule has 0 amide bonds. The SMILES string of the molecule is CC(=O)c1c(F)ccc(O)c1C#N. The van der Waals surface area contributed by atoms with Gasteiger partial charge < -0.3 is 5.11 Å². The van der Waals surface area contributed by atoms with Crippen LogP contribution < -0.4 is 0 Å². The average molecular weight is 179 g/mol. The summed E-state index contributed by atoms with van der Waals surface area (Å²) in [5.74, 6) is -1.75. The number of aromatic hydroxyl groups is 1. The summed E-state index contributed by atoms with van der Waals surface area (Å²) >= 11 is 0. The number of rotatable bonds is 1. The highest BCUT2D eigenvalue weighted by Gasteiger charge is 2.16. The number of Topliss-reactive ketones (excluding diaryl/α,β-unsaturated/α-hetero) is 1. The second kappa shape index (κ2) is 3.23. The Hall–Kier alpha value is -1.89. The van der Waals surface area contributed by atoms with E-state index in [0.717, 1.165) is 19.1 Å². The third kappa shape index (κ3) is 1.49. The van der Waals surface area contributed by atoms with Crippen LogP contribution in [0.25, 0.3) is 0 Å². The van der Waals surface area contributed by atoms with Crippen molar-refractivity contribution in [3.05, 3.63) is 29.1 Å². The van der Waals surface area contributed by atoms with Gasteiger partial charge in [0.25, 0.3) is 0 Å². The largest absolute Gasteiger partial charge is 0.507 e. The van der Waals surface area contributed by atoms with Crippen LogP contribution in [-0.4, -0.2) is 10.9 Å². The molecule has 0 fully saturated rings. The zero-order valence-corrected chi connectivity index (χ0v) is 6.84. The van der Waals surface area contributed by atoms with Crippen LogP contribution in [-0.2, 0) is 0 Å². The minimum atomic E-state index is -0.790. The van der Waals surface area contributed by atoms with E-state index >= 15 is 0 Å². The van der Waals surface area contributed by atoms with Gasteiger partial charge in [0.15, 0.2) is 5.78 Å². The van der Waals surface area contributed by atoms with E-state index in [2.05, 4.69) is 0 Å². The molecule has 0 saturated carbocycles. The van der Waals surface area contributed by atoms with Crippen LogP contribution in [0.1, 0.15) is 22.8 Å². The lowest BCUT2D eigenvalue weighted by Crippen LogP contribution is -2.01. The van der Waals surface area contributed by atoms with Crippen LogP contribution in [0.4, 0.5) is 4.39 Å². The molecule has 0 radical (unpaired) electrons. The normalized spacial score (nSPS) is 9.31. The van der Waals surface area contributed by atoms with E-state index in [1.807, 2.05) is 0 Å². The molecule has 0 aromatic heterocycles. The molecular weight excluding hydrogens is 173 g/mol. The van der Waals surface area contributed by atoms with Crippen LogP contribution in [0.3, 0.4) is 0 Å². The van der Waals surface area contributed by atoms with E-state index < -0.39 is 11.6 Å². The number of halogens is 1. The van der Waals surface area contributed by atoms with Crippen molar-refractivity contribution in [2.75, 3.05) is 0 Å². The molecule has 1 aromatic rings. The summed E-state index contributed by atoms with van der Waals surface area (Å²) in [6, 6.07) is 3.57. The van der Waals surface area contributed by atoms with Gasteiger partial charge in [-0.05, 0) is 19.1 Å². The van der Waals surface area contributed by atoms with Gasteiger partial charge in [-0.1, -0.05) is 0 Å². The van der Waals surface area contributed by atoms with Crippen molar-refractivity contribution in [1.82, 2.24) is 0 Å². The Morgan fingerprint density at radius 1 is 1.62 bits per heavy atom. The standard InChI is InChI=1S/C9H6FNO2/c1-5(12)9-6(4-11)8(13)3-2-7(9)10/h2-3,13H,1H3. The Kier molecular flexibility index (Phi) is 2.29. The lowest BCUT2D eigenvalue weighted by atomic mass is 10.0. The van der Waals surface area contributed by atoms with Gasteiger partial charge in [0, 0.05) is 0 Å². The van der Waals surface area contributed by atoms with E-state index in [1.165, 1.54) is 0 Å². The van der Waals surface area contributed by atoms with Gasteiger partial charge in [0.05, 0.1) is 5.56 Å². The maximum absolute atomic E-state index is 13.0. The van der Waals surface area contributed by atoms with Gasteiger partial charge in [-0.2, -0.15) is 5.26 Å². The van der Waals surface area contributed by atoms with Gasteiger partial charge in [0.1, 0.15) is 23.2 Å². The van der Waals surface area contributed by atoms with Crippen molar-refractivity contribution < 1.29 is 14.3 Å². The third-order valence-corrected chi connectivity index (χ3v) is 1.60. The molecule has 0 saturated heterocycles. The van der Waals surface area contributed by atoms with Crippen LogP contribution in [0, 0.1) is 17.1 Å². The quantitative estimate of drug-likeness (QED) is 0.666. The molecule has 4 heteroatoms. The Morgan fingerprint density at radius 2 is 2.23 bits per heavy atom. The Morgan fingerprint density at radius 3 is 2.62 bits per heavy atom. The molecule has 66 valence electrons. The van der Waals surface area contributed by atoms with Crippen molar-refractivity contribution in [2.45, 2.75) is 6.92 Å². The first kappa shape index (κ1) is 9.20. The lowest BCUT2D eigenvalue weighted by molar-refractivity contribution is 0.101. The van der Waals surface area contributed by atoms with Crippen molar-refractivity contribution in [3.8, 4) is 11.8 Å². The Bertz CT molecular complexity index is 407. The first-order chi connectivity index (χ1) is 6.07. The average Bonchev–Trinajstić information content (AvgIpc) is 2.07. The summed E-state index contributed by atoms with van der Waals surface area (Å²) in [5.41, 5.74) is -0.671. The fourth-order valence-corrected chi connectivity index (χ4v) is 1.02. The van der Waals surface area contributed by atoms with E-state index in [0.29, 0.717) is 0 Å². The van der Waals surface area contributed by atoms with Gasteiger partial charge in [-0.25, -0.2) is 4.39 Å². The number of phenols is 1. The van der Waals surface area contributed by atoms with Crippen LogP contribution in [0.5, 0.6) is 5.75 Å². The second-order valence-corrected chi connectivity index (χ2v) is 2.48. The second-order valence-electron chi connectivity index (χ2n) is 2.48. The fourth-order valence-electron chi connectivity index (χ4n) is 1.02. The van der Waals surface area contributed by atoms with Gasteiger partial charge in [-0.15, -0.1) is 0 Å². The molecular formula is C9H6FNO2. The van der Waals surface area contributed by atoms with Gasteiger partial charge in [-0.3, -0.25) is 4.79 Å². The minimum absolute atomic E-state index is 0.312. The number of benzene rings is 1. The van der Waals surface area contributed by atoms with E-state index in [9.17, 15) is 9.18 Å². The zero-order valence-electron chi connectivity index (χ0n) is 6.84. The minimum Gasteiger partial charge on any atom is -0.507 e. The number of carbonyl (C=O) groups is 1. The monoisotopic (exact) mass is 179 g/mol. The predicted octanol–water partition coefficient (Wildman–Crippen LogP) is 1.61. The summed E-state index contributed by atoms with van der Waals surface area (Å²) in [4.78, 5) is 10.9. The summed E-state index contributed by atoms with van der Waals surface area (Å²) < 4.78 is 13.0. The molecule has 0 unspecified atom stereocenters. The van der Waals surface area contributed by atoms with Crippen LogP contribution in [0.15, 0.2) is 12.1 Å². The van der Waals surface area contributed by atoms with Crippen molar-refractivity contribution in [3.63, 3.8) is 0 Å². The van der Waals surface area contributed by atoms with Gasteiger partial charge >= 0.3 is 0 Å². The number of nitrogens with zero attached hydrogens (tertiary/aromatic N) is 1. The lowest BCUT2D eigenvalue weighted by Gasteiger charge is -2.02. The molecule has 0 heterocycles. The number of nitriles is 1. The summed E-state index contributed by atoms with van der Waals surface area (Å²) in [7, 11) is 0. The summed E-state index contributed by atoms with van der Waals surface area (Å²) in [6.45, 7) is 1.14. The van der Waals surface area contributed by atoms with E-state index in [-0.39, 0.29) is 16.9 Å². The summed E-state index contributed by atoms with van der Waals surface area (Å²) in [5, 5.41) is 17.7. The topological polar surface area (TPSA) is 61.1 Å². The number of phenolic OH excluding ortho intramolecular Hbond substituents is 1. The van der Waals surface area contributed by atoms with Crippen molar-refractivity contribution in [1.29, 1.82) is 5.26 Å². The maximum Gasteiger partial charge on any atom is 0.164 e. The Balaban J connectivity index is 3.55. The molecule has 0 bridgehead atoms. The molecule has 0 aliphatic carbocycles. The maximum atomic E-state index is 13.0. The number of hydrogen-bond acceptors (Lipinski definition) is 3. The first-order valence-electron chi connectivity index (χ1n) is 3.50. The molecule has 1 rings (SSSR count). The number of hydrogen-bond donors (Lipinski definition) is 1. The highest BCUT2D eigenvalue weighted by molar-refractivity contribution is 5.97. The fraction of sp³-hybridized carbons (Fsp3) is 0.111. The molecule has 0 aliphatic heterocycles. The number of carbonyl (C=O) groups excluding carboxylic acids is 1. The zero-order chi connectivity index (χ0) is 10.0. The predicted molar refractivity (Wildman–Crippen MR) is 42.8 cm³/mol. The highest BCUT2D eigenvalue weighted by atomic mass is 19.1. The molecule has 0 atom stereocenters. The van der Waals surface area contributed by atoms with Crippen molar-refractivity contribution >= 4 is 5.78 Å². The molecule has 0 aliphatic rings. The highest BCUT2D eigenvalue weighted by Crippen LogP contribution is 2.22. The van der Waals surface area contributed by atoms with Crippen LogP contribution >= 0.6 is 0 Å². The molecule has 1 N–H and O–H groups in total. The van der Waals surface area contributed by atoms with Gasteiger partial charge in [0.2, 0.25) is 0 Å². The Labute approximate surface area is 74.0 Å².